The zero-order valence-corrected chi connectivity index (χ0v) is 8.67. The normalized spacial score (nSPS) is 30.5. The van der Waals surface area contributed by atoms with Crippen LogP contribution in [-0.2, 0) is 0 Å². The molecule has 2 unspecified atom stereocenters. The fourth-order valence-corrected chi connectivity index (χ4v) is 1.61. The van der Waals surface area contributed by atoms with E-state index >= 15 is 0 Å². The Labute approximate surface area is 75.7 Å². The van der Waals surface area contributed by atoms with Gasteiger partial charge in [0.1, 0.15) is 0 Å². The fraction of sp³-hybridized carbons (Fsp3) is 1.00. The van der Waals surface area contributed by atoms with Crippen molar-refractivity contribution in [1.29, 1.82) is 0 Å². The van der Waals surface area contributed by atoms with Crippen LogP contribution in [0.2, 0.25) is 0 Å². The molecule has 0 aromatic heterocycles. The molecule has 1 fully saturated rings. The highest BCUT2D eigenvalue weighted by Gasteiger charge is 2.22. The van der Waals surface area contributed by atoms with Crippen molar-refractivity contribution in [1.82, 2.24) is 15.1 Å². The minimum atomic E-state index is 0.515. The van der Waals surface area contributed by atoms with Crippen LogP contribution in [0, 0.1) is 0 Å². The fourth-order valence-electron chi connectivity index (χ4n) is 1.61. The topological polar surface area (TPSA) is 18.5 Å². The first kappa shape index (κ1) is 9.96. The van der Waals surface area contributed by atoms with Crippen LogP contribution in [0.25, 0.3) is 0 Å². The third-order valence-electron chi connectivity index (χ3n) is 2.96. The molecule has 1 saturated heterocycles. The monoisotopic (exact) mass is 171 g/mol. The van der Waals surface area contributed by atoms with Gasteiger partial charge in [-0.1, -0.05) is 0 Å². The molecule has 2 atom stereocenters. The van der Waals surface area contributed by atoms with E-state index in [1.54, 1.807) is 0 Å². The van der Waals surface area contributed by atoms with Gasteiger partial charge in [0.15, 0.2) is 0 Å². The van der Waals surface area contributed by atoms with Gasteiger partial charge in [0.25, 0.3) is 0 Å². The molecule has 0 amide bonds. The summed E-state index contributed by atoms with van der Waals surface area (Å²) in [6.07, 6.45) is 0.515. The minimum absolute atomic E-state index is 0.515. The van der Waals surface area contributed by atoms with E-state index in [1.165, 1.54) is 19.6 Å². The third-order valence-corrected chi connectivity index (χ3v) is 2.96. The van der Waals surface area contributed by atoms with Gasteiger partial charge in [0, 0.05) is 25.7 Å². The molecule has 3 heteroatoms. The van der Waals surface area contributed by atoms with Crippen LogP contribution < -0.4 is 5.32 Å². The van der Waals surface area contributed by atoms with E-state index in [9.17, 15) is 0 Å². The molecule has 1 heterocycles. The van der Waals surface area contributed by atoms with Crippen LogP contribution in [-0.4, -0.2) is 55.7 Å². The van der Waals surface area contributed by atoms with Crippen LogP contribution >= 0.6 is 0 Å². The molecule has 12 heavy (non-hydrogen) atoms. The lowest BCUT2D eigenvalue weighted by molar-refractivity contribution is 0.0688. The first-order chi connectivity index (χ1) is 5.65. The SMILES string of the molecule is CNC(C)N1CCN(C)C(C)C1. The van der Waals surface area contributed by atoms with Crippen molar-refractivity contribution in [2.24, 2.45) is 0 Å². The Morgan fingerprint density at radius 2 is 2.08 bits per heavy atom. The smallest absolute Gasteiger partial charge is 0.0566 e. The highest BCUT2D eigenvalue weighted by atomic mass is 15.3. The Kier molecular flexibility index (Phi) is 3.50. The molecule has 1 N–H and O–H groups in total. The summed E-state index contributed by atoms with van der Waals surface area (Å²) in [5, 5.41) is 3.28. The van der Waals surface area contributed by atoms with Crippen molar-refractivity contribution in [2.75, 3.05) is 33.7 Å². The zero-order valence-electron chi connectivity index (χ0n) is 8.67. The van der Waals surface area contributed by atoms with Crippen molar-refractivity contribution in [2.45, 2.75) is 26.1 Å². The maximum atomic E-state index is 3.28. The van der Waals surface area contributed by atoms with Gasteiger partial charge in [-0.15, -0.1) is 0 Å². The van der Waals surface area contributed by atoms with Crippen LogP contribution in [0.15, 0.2) is 0 Å². The number of likely N-dealkylation sites (N-methyl/N-ethyl adjacent to an activating group) is 1. The first-order valence-electron chi connectivity index (χ1n) is 4.76. The molecule has 0 aromatic rings. The Morgan fingerprint density at radius 3 is 2.58 bits per heavy atom. The molecule has 3 nitrogen and oxygen atoms in total. The Bertz CT molecular complexity index is 138. The zero-order chi connectivity index (χ0) is 9.14. The van der Waals surface area contributed by atoms with Crippen molar-refractivity contribution < 1.29 is 0 Å². The molecule has 1 aliphatic rings. The van der Waals surface area contributed by atoms with Gasteiger partial charge in [-0.25, -0.2) is 0 Å². The highest BCUT2D eigenvalue weighted by Crippen LogP contribution is 2.08. The summed E-state index contributed by atoms with van der Waals surface area (Å²) in [5.41, 5.74) is 0. The molecule has 1 rings (SSSR count). The lowest BCUT2D eigenvalue weighted by Gasteiger charge is -2.40. The number of rotatable bonds is 2. The standard InChI is InChI=1S/C9H21N3/c1-8-7-12(9(2)10-3)6-5-11(8)4/h8-10H,5-7H2,1-4H3. The summed E-state index contributed by atoms with van der Waals surface area (Å²) < 4.78 is 0. The quantitative estimate of drug-likeness (QED) is 0.640. The summed E-state index contributed by atoms with van der Waals surface area (Å²) in [6.45, 7) is 8.06. The number of nitrogens with zero attached hydrogens (tertiary/aromatic N) is 2. The lowest BCUT2D eigenvalue weighted by Crippen LogP contribution is -2.55. The molecule has 1 aliphatic heterocycles. The van der Waals surface area contributed by atoms with E-state index in [0.717, 1.165) is 0 Å². The summed E-state index contributed by atoms with van der Waals surface area (Å²) in [7, 11) is 4.22. The molecule has 72 valence electrons. The maximum absolute atomic E-state index is 3.28. The number of nitrogens with one attached hydrogen (secondary N) is 1. The molecule has 0 saturated carbocycles. The summed E-state index contributed by atoms with van der Waals surface area (Å²) in [4.78, 5) is 4.91. The van der Waals surface area contributed by atoms with Gasteiger partial charge in [0.05, 0.1) is 6.17 Å². The Balaban J connectivity index is 2.39. The second-order valence-corrected chi connectivity index (χ2v) is 3.79. The van der Waals surface area contributed by atoms with Gasteiger partial charge in [0.2, 0.25) is 0 Å². The molecule has 0 spiro atoms. The summed E-state index contributed by atoms with van der Waals surface area (Å²) in [6, 6.07) is 0.689. The number of piperazine rings is 1. The van der Waals surface area contributed by atoms with Crippen LogP contribution in [0.4, 0.5) is 0 Å². The van der Waals surface area contributed by atoms with Crippen LogP contribution in [0.5, 0.6) is 0 Å². The van der Waals surface area contributed by atoms with E-state index in [2.05, 4.69) is 36.0 Å². The largest absolute Gasteiger partial charge is 0.305 e. The van der Waals surface area contributed by atoms with Crippen LogP contribution in [0.1, 0.15) is 13.8 Å². The van der Waals surface area contributed by atoms with E-state index in [1.807, 2.05) is 7.05 Å². The Hall–Kier alpha value is -0.120. The molecule has 0 aliphatic carbocycles. The second-order valence-electron chi connectivity index (χ2n) is 3.79. The molecule has 0 radical (unpaired) electrons. The first-order valence-corrected chi connectivity index (χ1v) is 4.76. The van der Waals surface area contributed by atoms with Gasteiger partial charge in [-0.2, -0.15) is 0 Å². The lowest BCUT2D eigenvalue weighted by atomic mass is 10.2. The Morgan fingerprint density at radius 1 is 1.42 bits per heavy atom. The molecule has 0 bridgehead atoms. The van der Waals surface area contributed by atoms with Gasteiger partial charge < -0.3 is 10.2 Å². The maximum Gasteiger partial charge on any atom is 0.0566 e. The third kappa shape index (κ3) is 2.19. The highest BCUT2D eigenvalue weighted by molar-refractivity contribution is 4.78. The van der Waals surface area contributed by atoms with Gasteiger partial charge >= 0.3 is 0 Å². The van der Waals surface area contributed by atoms with E-state index < -0.39 is 0 Å². The van der Waals surface area contributed by atoms with Gasteiger partial charge in [-0.05, 0) is 27.9 Å². The molecular weight excluding hydrogens is 150 g/mol. The van der Waals surface area contributed by atoms with E-state index in [4.69, 9.17) is 0 Å². The summed E-state index contributed by atoms with van der Waals surface area (Å²) >= 11 is 0. The predicted octanol–water partition coefficient (Wildman–Crippen LogP) is 0.188. The average Bonchev–Trinajstić information content (AvgIpc) is 2.08. The number of hydrogen-bond donors (Lipinski definition) is 1. The van der Waals surface area contributed by atoms with Crippen molar-refractivity contribution in [3.63, 3.8) is 0 Å². The van der Waals surface area contributed by atoms with E-state index in [-0.39, 0.29) is 0 Å². The van der Waals surface area contributed by atoms with Crippen LogP contribution in [0.3, 0.4) is 0 Å². The van der Waals surface area contributed by atoms with Crippen molar-refractivity contribution in [3.8, 4) is 0 Å². The molecular formula is C9H21N3. The van der Waals surface area contributed by atoms with E-state index in [0.29, 0.717) is 12.2 Å². The predicted molar refractivity (Wildman–Crippen MR) is 52.2 cm³/mol. The van der Waals surface area contributed by atoms with Gasteiger partial charge in [-0.3, -0.25) is 4.90 Å². The number of hydrogen-bond acceptors (Lipinski definition) is 3. The molecule has 0 aromatic carbocycles. The average molecular weight is 171 g/mol. The second kappa shape index (κ2) is 4.21. The van der Waals surface area contributed by atoms with Crippen molar-refractivity contribution >= 4 is 0 Å². The van der Waals surface area contributed by atoms with Crippen molar-refractivity contribution in [3.05, 3.63) is 0 Å². The summed E-state index contributed by atoms with van der Waals surface area (Å²) in [5.74, 6) is 0. The minimum Gasteiger partial charge on any atom is -0.305 e.